The molecule has 1 amide bonds. The van der Waals surface area contributed by atoms with Crippen molar-refractivity contribution in [2.75, 3.05) is 18.0 Å². The molecule has 0 radical (unpaired) electrons. The molecular weight excluding hydrogens is 358 g/mol. The van der Waals surface area contributed by atoms with Crippen molar-refractivity contribution in [2.45, 2.75) is 19.8 Å². The summed E-state index contributed by atoms with van der Waals surface area (Å²) < 4.78 is 1.98. The smallest absolute Gasteiger partial charge is 0.281 e. The molecule has 0 atom stereocenters. The van der Waals surface area contributed by atoms with Crippen LogP contribution in [-0.4, -0.2) is 35.0 Å². The minimum atomic E-state index is -0.197. The molecule has 2 aromatic heterocycles. The SMILES string of the molecule is Cc1nn(-c2ccccc2)c(N2CCCC2)c1/C=N\NC(=O)c1cccs1. The Balaban J connectivity index is 1.66. The molecule has 0 saturated carbocycles. The van der Waals surface area contributed by atoms with Gasteiger partial charge in [-0.1, -0.05) is 24.3 Å². The van der Waals surface area contributed by atoms with E-state index in [9.17, 15) is 4.79 Å². The highest BCUT2D eigenvalue weighted by Crippen LogP contribution is 2.28. The lowest BCUT2D eigenvalue weighted by atomic mass is 10.2. The number of aryl methyl sites for hydroxylation is 1. The molecule has 0 aliphatic carbocycles. The third kappa shape index (κ3) is 3.64. The number of aromatic nitrogens is 2. The topological polar surface area (TPSA) is 62.5 Å². The first kappa shape index (κ1) is 17.5. The van der Waals surface area contributed by atoms with E-state index in [1.165, 1.54) is 24.2 Å². The van der Waals surface area contributed by atoms with Crippen LogP contribution in [0.2, 0.25) is 0 Å². The molecule has 138 valence electrons. The van der Waals surface area contributed by atoms with Gasteiger partial charge in [0.05, 0.1) is 28.0 Å². The minimum Gasteiger partial charge on any atom is -0.356 e. The highest BCUT2D eigenvalue weighted by Gasteiger charge is 2.23. The van der Waals surface area contributed by atoms with E-state index in [0.29, 0.717) is 4.88 Å². The zero-order valence-electron chi connectivity index (χ0n) is 15.1. The summed E-state index contributed by atoms with van der Waals surface area (Å²) in [4.78, 5) is 15.1. The van der Waals surface area contributed by atoms with Crippen LogP contribution < -0.4 is 10.3 Å². The van der Waals surface area contributed by atoms with Crippen LogP contribution in [-0.2, 0) is 0 Å². The summed E-state index contributed by atoms with van der Waals surface area (Å²) >= 11 is 1.39. The van der Waals surface area contributed by atoms with Crippen LogP contribution in [0.3, 0.4) is 0 Å². The van der Waals surface area contributed by atoms with Crippen LogP contribution in [0.15, 0.2) is 52.9 Å². The van der Waals surface area contributed by atoms with Crippen molar-refractivity contribution in [3.63, 3.8) is 0 Å². The number of anilines is 1. The Morgan fingerprint density at radius 1 is 1.19 bits per heavy atom. The van der Waals surface area contributed by atoms with Crippen molar-refractivity contribution in [2.24, 2.45) is 5.10 Å². The Morgan fingerprint density at radius 2 is 1.96 bits per heavy atom. The summed E-state index contributed by atoms with van der Waals surface area (Å²) in [6.07, 6.45) is 4.05. The molecule has 3 aromatic rings. The first-order chi connectivity index (χ1) is 13.2. The van der Waals surface area contributed by atoms with Gasteiger partial charge in [0.2, 0.25) is 0 Å². The van der Waals surface area contributed by atoms with Gasteiger partial charge in [-0.15, -0.1) is 11.3 Å². The molecule has 3 heterocycles. The van der Waals surface area contributed by atoms with Gasteiger partial charge in [0, 0.05) is 13.1 Å². The average molecular weight is 379 g/mol. The number of hydrogen-bond acceptors (Lipinski definition) is 5. The van der Waals surface area contributed by atoms with E-state index >= 15 is 0 Å². The quantitative estimate of drug-likeness (QED) is 0.544. The van der Waals surface area contributed by atoms with Crippen molar-refractivity contribution >= 4 is 29.3 Å². The monoisotopic (exact) mass is 379 g/mol. The van der Waals surface area contributed by atoms with E-state index in [1.54, 1.807) is 12.3 Å². The van der Waals surface area contributed by atoms with Crippen LogP contribution in [0.25, 0.3) is 5.69 Å². The average Bonchev–Trinajstić information content (AvgIpc) is 3.44. The number of hydrogen-bond donors (Lipinski definition) is 1. The Kier molecular flexibility index (Phi) is 5.02. The van der Waals surface area contributed by atoms with Gasteiger partial charge in [0.15, 0.2) is 0 Å². The summed E-state index contributed by atoms with van der Waals surface area (Å²) in [5, 5.41) is 10.8. The predicted molar refractivity (Wildman–Crippen MR) is 109 cm³/mol. The summed E-state index contributed by atoms with van der Waals surface area (Å²) in [7, 11) is 0. The van der Waals surface area contributed by atoms with Crippen LogP contribution in [0.1, 0.15) is 33.8 Å². The van der Waals surface area contributed by atoms with E-state index in [2.05, 4.69) is 15.4 Å². The van der Waals surface area contributed by atoms with E-state index in [1.807, 2.05) is 53.4 Å². The molecule has 7 heteroatoms. The summed E-state index contributed by atoms with van der Waals surface area (Å²) in [6.45, 7) is 3.97. The van der Waals surface area contributed by atoms with Crippen LogP contribution in [0.5, 0.6) is 0 Å². The number of benzene rings is 1. The molecule has 1 aliphatic heterocycles. The van der Waals surface area contributed by atoms with Gasteiger partial charge in [0.25, 0.3) is 5.91 Å². The summed E-state index contributed by atoms with van der Waals surface area (Å²) in [6, 6.07) is 13.7. The van der Waals surface area contributed by atoms with Gasteiger partial charge < -0.3 is 4.90 Å². The molecule has 1 aliphatic rings. The fourth-order valence-corrected chi connectivity index (χ4v) is 3.89. The summed E-state index contributed by atoms with van der Waals surface area (Å²) in [5.74, 6) is 0.836. The normalized spacial score (nSPS) is 14.2. The van der Waals surface area contributed by atoms with Crippen molar-refractivity contribution in [1.82, 2.24) is 15.2 Å². The zero-order chi connectivity index (χ0) is 18.6. The van der Waals surface area contributed by atoms with Crippen molar-refractivity contribution < 1.29 is 4.79 Å². The molecule has 0 spiro atoms. The molecule has 1 fully saturated rings. The van der Waals surface area contributed by atoms with E-state index in [4.69, 9.17) is 5.10 Å². The number of para-hydroxylation sites is 1. The summed E-state index contributed by atoms with van der Waals surface area (Å²) in [5.41, 5.74) is 5.45. The Bertz CT molecular complexity index is 940. The van der Waals surface area contributed by atoms with Crippen molar-refractivity contribution in [3.05, 3.63) is 64.0 Å². The lowest BCUT2D eigenvalue weighted by molar-refractivity contribution is 0.0959. The first-order valence-electron chi connectivity index (χ1n) is 9.01. The lowest BCUT2D eigenvalue weighted by Gasteiger charge is -2.20. The van der Waals surface area contributed by atoms with Crippen molar-refractivity contribution in [1.29, 1.82) is 0 Å². The highest BCUT2D eigenvalue weighted by atomic mass is 32.1. The fraction of sp³-hybridized carbons (Fsp3) is 0.250. The zero-order valence-corrected chi connectivity index (χ0v) is 15.9. The van der Waals surface area contributed by atoms with Crippen molar-refractivity contribution in [3.8, 4) is 5.69 Å². The van der Waals surface area contributed by atoms with E-state index < -0.39 is 0 Å². The van der Waals surface area contributed by atoms with Gasteiger partial charge in [-0.3, -0.25) is 4.79 Å². The maximum atomic E-state index is 12.1. The second kappa shape index (κ2) is 7.75. The number of nitrogens with one attached hydrogen (secondary N) is 1. The molecule has 27 heavy (non-hydrogen) atoms. The Hall–Kier alpha value is -2.93. The predicted octanol–water partition coefficient (Wildman–Crippen LogP) is 3.61. The van der Waals surface area contributed by atoms with E-state index in [-0.39, 0.29) is 5.91 Å². The standard InChI is InChI=1S/C20H21N5OS/c1-15-17(14-21-22-19(26)18-10-7-13-27-18)20(24-11-5-6-12-24)25(23-15)16-8-3-2-4-9-16/h2-4,7-10,13-14H,5-6,11-12H2,1H3,(H,22,26)/b21-14-. The highest BCUT2D eigenvalue weighted by molar-refractivity contribution is 7.12. The number of carbonyl (C=O) groups is 1. The Labute approximate surface area is 162 Å². The van der Waals surface area contributed by atoms with Crippen LogP contribution in [0, 0.1) is 6.92 Å². The number of carbonyl (C=O) groups excluding carboxylic acids is 1. The molecule has 6 nitrogen and oxygen atoms in total. The second-order valence-electron chi connectivity index (χ2n) is 6.44. The lowest BCUT2D eigenvalue weighted by Crippen LogP contribution is -2.23. The number of hydrazone groups is 1. The number of amides is 1. The van der Waals surface area contributed by atoms with Crippen LogP contribution >= 0.6 is 11.3 Å². The maximum Gasteiger partial charge on any atom is 0.281 e. The third-order valence-corrected chi connectivity index (χ3v) is 5.46. The molecule has 1 N–H and O–H groups in total. The first-order valence-corrected chi connectivity index (χ1v) is 9.89. The minimum absolute atomic E-state index is 0.197. The maximum absolute atomic E-state index is 12.1. The third-order valence-electron chi connectivity index (χ3n) is 4.59. The molecule has 1 aromatic carbocycles. The largest absolute Gasteiger partial charge is 0.356 e. The van der Waals surface area contributed by atoms with E-state index in [0.717, 1.165) is 35.9 Å². The number of nitrogens with zero attached hydrogens (tertiary/aromatic N) is 4. The van der Waals surface area contributed by atoms with Crippen LogP contribution in [0.4, 0.5) is 5.82 Å². The second-order valence-corrected chi connectivity index (χ2v) is 7.39. The van der Waals surface area contributed by atoms with Gasteiger partial charge >= 0.3 is 0 Å². The molecule has 0 bridgehead atoms. The molecule has 0 unspecified atom stereocenters. The molecular formula is C20H21N5OS. The number of rotatable bonds is 5. The van der Waals surface area contributed by atoms with Gasteiger partial charge in [-0.25, -0.2) is 10.1 Å². The van der Waals surface area contributed by atoms with Gasteiger partial charge in [-0.05, 0) is 43.3 Å². The number of thiophene rings is 1. The van der Waals surface area contributed by atoms with Gasteiger partial charge in [0.1, 0.15) is 5.82 Å². The molecule has 1 saturated heterocycles. The molecule has 4 rings (SSSR count). The fourth-order valence-electron chi connectivity index (χ4n) is 3.28. The Morgan fingerprint density at radius 3 is 2.67 bits per heavy atom. The van der Waals surface area contributed by atoms with Gasteiger partial charge in [-0.2, -0.15) is 10.2 Å².